The Morgan fingerprint density at radius 1 is 0.867 bits per heavy atom. The summed E-state index contributed by atoms with van der Waals surface area (Å²) in [4.78, 5) is 16.4. The van der Waals surface area contributed by atoms with Crippen LogP contribution in [0.25, 0.3) is 22.4 Å². The molecule has 0 aliphatic carbocycles. The minimum Gasteiger partial charge on any atom is -0.370 e. The van der Waals surface area contributed by atoms with Crippen LogP contribution in [0.3, 0.4) is 0 Å². The van der Waals surface area contributed by atoms with Gasteiger partial charge in [0.1, 0.15) is 11.6 Å². The molecule has 1 aliphatic rings. The number of aromatic amines is 1. The standard InChI is InChI=1S/C22H20N8/c23-22-25-12-9-20(30-22)27-17-5-6-18-19(13-17)29-21(28-18)14-1-3-15(4-2-14)26-16-7-10-24-11-8-16/h1-11,13,27H,12H2,(H,24,26)(H,28,29)(H3,23,25,30). The molecule has 0 saturated heterocycles. The van der Waals surface area contributed by atoms with Crippen molar-refractivity contribution in [3.63, 3.8) is 0 Å². The van der Waals surface area contributed by atoms with Crippen molar-refractivity contribution in [2.75, 3.05) is 17.2 Å². The molecule has 0 atom stereocenters. The van der Waals surface area contributed by atoms with Crippen LogP contribution in [-0.2, 0) is 0 Å². The maximum absolute atomic E-state index is 5.72. The molecule has 2 aromatic heterocycles. The SMILES string of the molecule is NC1=NC(Nc2ccc3[nH]c(-c4ccc(Nc5ccncc5)cc4)nc3c2)=CCN1. The molecule has 5 rings (SSSR count). The zero-order chi connectivity index (χ0) is 20.3. The molecule has 8 nitrogen and oxygen atoms in total. The second kappa shape index (κ2) is 7.59. The highest BCUT2D eigenvalue weighted by molar-refractivity contribution is 5.84. The molecular weight excluding hydrogens is 376 g/mol. The summed E-state index contributed by atoms with van der Waals surface area (Å²) in [5, 5.41) is 9.57. The highest BCUT2D eigenvalue weighted by Gasteiger charge is 2.08. The average Bonchev–Trinajstić information content (AvgIpc) is 3.18. The molecule has 0 spiro atoms. The van der Waals surface area contributed by atoms with Gasteiger partial charge in [0, 0.05) is 41.6 Å². The molecule has 4 aromatic rings. The van der Waals surface area contributed by atoms with Gasteiger partial charge in [-0.1, -0.05) is 0 Å². The van der Waals surface area contributed by atoms with Crippen LogP contribution in [0.15, 0.2) is 83.9 Å². The fourth-order valence-electron chi connectivity index (χ4n) is 3.23. The van der Waals surface area contributed by atoms with Crippen LogP contribution in [-0.4, -0.2) is 27.5 Å². The Morgan fingerprint density at radius 2 is 1.63 bits per heavy atom. The summed E-state index contributed by atoms with van der Waals surface area (Å²) in [7, 11) is 0. The summed E-state index contributed by atoms with van der Waals surface area (Å²) < 4.78 is 0. The predicted molar refractivity (Wildman–Crippen MR) is 120 cm³/mol. The average molecular weight is 396 g/mol. The van der Waals surface area contributed by atoms with E-state index < -0.39 is 0 Å². The Hall–Kier alpha value is -4.33. The fourth-order valence-corrected chi connectivity index (χ4v) is 3.23. The molecule has 8 heteroatoms. The van der Waals surface area contributed by atoms with E-state index in [2.05, 4.69) is 30.9 Å². The van der Waals surface area contributed by atoms with Crippen molar-refractivity contribution < 1.29 is 0 Å². The largest absolute Gasteiger partial charge is 0.370 e. The van der Waals surface area contributed by atoms with E-state index in [4.69, 9.17) is 10.7 Å². The van der Waals surface area contributed by atoms with Gasteiger partial charge in [-0.25, -0.2) is 4.98 Å². The van der Waals surface area contributed by atoms with E-state index in [1.54, 1.807) is 12.4 Å². The van der Waals surface area contributed by atoms with Gasteiger partial charge < -0.3 is 26.7 Å². The molecule has 0 saturated carbocycles. The minimum atomic E-state index is 0.407. The Balaban J connectivity index is 1.35. The van der Waals surface area contributed by atoms with Crippen LogP contribution in [0.4, 0.5) is 17.1 Å². The lowest BCUT2D eigenvalue weighted by Gasteiger charge is -2.13. The van der Waals surface area contributed by atoms with Gasteiger partial charge in [0.15, 0.2) is 5.96 Å². The first-order valence-electron chi connectivity index (χ1n) is 9.55. The van der Waals surface area contributed by atoms with Crippen molar-refractivity contribution in [3.05, 3.63) is 78.9 Å². The maximum atomic E-state index is 5.72. The van der Waals surface area contributed by atoms with Crippen LogP contribution in [0.5, 0.6) is 0 Å². The molecule has 2 aromatic carbocycles. The van der Waals surface area contributed by atoms with Crippen molar-refractivity contribution in [2.45, 2.75) is 0 Å². The summed E-state index contributed by atoms with van der Waals surface area (Å²) in [6, 6.07) is 18.0. The van der Waals surface area contributed by atoms with Gasteiger partial charge in [-0.15, -0.1) is 0 Å². The number of hydrogen-bond donors (Lipinski definition) is 5. The molecule has 148 valence electrons. The number of pyridine rings is 1. The van der Waals surface area contributed by atoms with E-state index in [1.807, 2.05) is 60.7 Å². The second-order valence-corrected chi connectivity index (χ2v) is 6.85. The van der Waals surface area contributed by atoms with E-state index in [9.17, 15) is 0 Å². The number of nitrogens with two attached hydrogens (primary N) is 1. The summed E-state index contributed by atoms with van der Waals surface area (Å²) >= 11 is 0. The number of anilines is 3. The highest BCUT2D eigenvalue weighted by Crippen LogP contribution is 2.25. The lowest BCUT2D eigenvalue weighted by atomic mass is 10.2. The minimum absolute atomic E-state index is 0.407. The van der Waals surface area contributed by atoms with Gasteiger partial charge >= 0.3 is 0 Å². The number of rotatable bonds is 5. The van der Waals surface area contributed by atoms with Crippen LogP contribution in [0.2, 0.25) is 0 Å². The van der Waals surface area contributed by atoms with Crippen molar-refractivity contribution in [1.29, 1.82) is 0 Å². The Kier molecular flexibility index (Phi) is 4.49. The Morgan fingerprint density at radius 3 is 2.43 bits per heavy atom. The van der Waals surface area contributed by atoms with E-state index in [-0.39, 0.29) is 0 Å². The van der Waals surface area contributed by atoms with Gasteiger partial charge in [-0.3, -0.25) is 4.98 Å². The number of aromatic nitrogens is 3. The molecule has 3 heterocycles. The second-order valence-electron chi connectivity index (χ2n) is 6.85. The first-order chi connectivity index (χ1) is 14.7. The lowest BCUT2D eigenvalue weighted by Crippen LogP contribution is -2.34. The van der Waals surface area contributed by atoms with E-state index >= 15 is 0 Å². The number of nitrogens with one attached hydrogen (secondary N) is 4. The summed E-state index contributed by atoms with van der Waals surface area (Å²) in [5.74, 6) is 1.95. The third-order valence-corrected chi connectivity index (χ3v) is 4.70. The number of hydrogen-bond acceptors (Lipinski definition) is 7. The molecule has 30 heavy (non-hydrogen) atoms. The van der Waals surface area contributed by atoms with Crippen LogP contribution >= 0.6 is 0 Å². The first-order valence-corrected chi connectivity index (χ1v) is 9.55. The van der Waals surface area contributed by atoms with Crippen molar-refractivity contribution >= 4 is 34.1 Å². The summed E-state index contributed by atoms with van der Waals surface area (Å²) in [5.41, 5.74) is 11.5. The zero-order valence-corrected chi connectivity index (χ0v) is 16.1. The first kappa shape index (κ1) is 17.7. The van der Waals surface area contributed by atoms with Gasteiger partial charge in [-0.05, 0) is 60.7 Å². The third-order valence-electron chi connectivity index (χ3n) is 4.70. The van der Waals surface area contributed by atoms with Crippen molar-refractivity contribution in [2.24, 2.45) is 10.7 Å². The molecule has 0 radical (unpaired) electrons. The van der Waals surface area contributed by atoms with Crippen molar-refractivity contribution in [3.8, 4) is 11.4 Å². The molecule has 0 bridgehead atoms. The molecule has 6 N–H and O–H groups in total. The number of nitrogens with zero attached hydrogens (tertiary/aromatic N) is 3. The quantitative estimate of drug-likeness (QED) is 0.352. The van der Waals surface area contributed by atoms with E-state index in [1.165, 1.54) is 0 Å². The number of fused-ring (bicyclic) bond motifs is 1. The predicted octanol–water partition coefficient (Wildman–Crippen LogP) is 3.54. The smallest absolute Gasteiger partial charge is 0.195 e. The fraction of sp³-hybridized carbons (Fsp3) is 0.0455. The number of imidazole rings is 1. The molecule has 1 aliphatic heterocycles. The van der Waals surface area contributed by atoms with Gasteiger partial charge in [0.2, 0.25) is 0 Å². The molecule has 0 fully saturated rings. The normalized spacial score (nSPS) is 13.3. The zero-order valence-electron chi connectivity index (χ0n) is 16.1. The third kappa shape index (κ3) is 3.79. The lowest BCUT2D eigenvalue weighted by molar-refractivity contribution is 0.968. The molecule has 0 unspecified atom stereocenters. The summed E-state index contributed by atoms with van der Waals surface area (Å²) in [6.07, 6.45) is 5.46. The Labute approximate surface area is 173 Å². The van der Waals surface area contributed by atoms with E-state index in [0.717, 1.165) is 45.3 Å². The van der Waals surface area contributed by atoms with Gasteiger partial charge in [0.25, 0.3) is 0 Å². The van der Waals surface area contributed by atoms with Crippen LogP contribution < -0.4 is 21.7 Å². The van der Waals surface area contributed by atoms with Gasteiger partial charge in [-0.2, -0.15) is 4.99 Å². The summed E-state index contributed by atoms with van der Waals surface area (Å²) in [6.45, 7) is 0.651. The van der Waals surface area contributed by atoms with Gasteiger partial charge in [0.05, 0.1) is 11.0 Å². The van der Waals surface area contributed by atoms with Crippen LogP contribution in [0, 0.1) is 0 Å². The number of H-pyrrole nitrogens is 1. The number of benzene rings is 2. The van der Waals surface area contributed by atoms with Crippen molar-refractivity contribution in [1.82, 2.24) is 20.3 Å². The van der Waals surface area contributed by atoms with E-state index in [0.29, 0.717) is 12.5 Å². The highest BCUT2D eigenvalue weighted by atomic mass is 15.2. The topological polar surface area (TPSA) is 116 Å². The maximum Gasteiger partial charge on any atom is 0.195 e. The monoisotopic (exact) mass is 396 g/mol. The van der Waals surface area contributed by atoms with Crippen LogP contribution in [0.1, 0.15) is 0 Å². The molecular formula is C22H20N8. The molecule has 0 amide bonds. The Bertz CT molecular complexity index is 1240. The number of aliphatic imine (C=N–C) groups is 1. The number of guanidine groups is 1.